The predicted molar refractivity (Wildman–Crippen MR) is 92.0 cm³/mol. The van der Waals surface area contributed by atoms with Crippen LogP contribution in [-0.4, -0.2) is 23.0 Å². The van der Waals surface area contributed by atoms with E-state index in [4.69, 9.17) is 5.73 Å². The normalized spacial score (nSPS) is 18.0. The van der Waals surface area contributed by atoms with Crippen LogP contribution in [0.15, 0.2) is 48.0 Å². The van der Waals surface area contributed by atoms with Crippen molar-refractivity contribution in [1.29, 1.82) is 0 Å². The monoisotopic (exact) mass is 309 g/mol. The SMILES string of the molecule is NCC1c2ccc3ccccc3c2CN1CCc1nccs1. The van der Waals surface area contributed by atoms with Crippen LogP contribution in [0.4, 0.5) is 0 Å². The van der Waals surface area contributed by atoms with E-state index in [-0.39, 0.29) is 0 Å². The maximum atomic E-state index is 6.08. The van der Waals surface area contributed by atoms with Crippen LogP contribution in [0.2, 0.25) is 0 Å². The third-order valence-corrected chi connectivity index (χ3v) is 5.40. The van der Waals surface area contributed by atoms with Crippen LogP contribution in [0.25, 0.3) is 10.8 Å². The summed E-state index contributed by atoms with van der Waals surface area (Å²) >= 11 is 1.73. The number of hydrogen-bond acceptors (Lipinski definition) is 4. The molecule has 3 nitrogen and oxygen atoms in total. The van der Waals surface area contributed by atoms with Gasteiger partial charge in [0.15, 0.2) is 0 Å². The van der Waals surface area contributed by atoms with Gasteiger partial charge in [-0.25, -0.2) is 4.98 Å². The van der Waals surface area contributed by atoms with Crippen LogP contribution < -0.4 is 5.73 Å². The van der Waals surface area contributed by atoms with E-state index in [1.807, 2.05) is 11.6 Å². The highest BCUT2D eigenvalue weighted by Crippen LogP contribution is 2.37. The van der Waals surface area contributed by atoms with Gasteiger partial charge in [-0.15, -0.1) is 11.3 Å². The van der Waals surface area contributed by atoms with Gasteiger partial charge in [-0.3, -0.25) is 4.90 Å². The fourth-order valence-electron chi connectivity index (χ4n) is 3.48. The summed E-state index contributed by atoms with van der Waals surface area (Å²) in [6, 6.07) is 13.5. The Labute approximate surface area is 134 Å². The molecule has 1 unspecified atom stereocenters. The van der Waals surface area contributed by atoms with Gasteiger partial charge in [0, 0.05) is 43.7 Å². The molecular formula is C18H19N3S. The molecule has 2 aromatic carbocycles. The summed E-state index contributed by atoms with van der Waals surface area (Å²) in [5.74, 6) is 0. The molecule has 0 spiro atoms. The molecule has 0 radical (unpaired) electrons. The van der Waals surface area contributed by atoms with Crippen molar-refractivity contribution in [2.45, 2.75) is 19.0 Å². The molecule has 3 aromatic rings. The predicted octanol–water partition coefficient (Wildman–Crippen LogP) is 3.35. The third-order valence-electron chi connectivity index (χ3n) is 4.56. The minimum atomic E-state index is 0.333. The van der Waals surface area contributed by atoms with E-state index in [1.54, 1.807) is 11.3 Å². The number of benzene rings is 2. The maximum absolute atomic E-state index is 6.08. The van der Waals surface area contributed by atoms with Crippen LogP contribution in [0, 0.1) is 0 Å². The highest BCUT2D eigenvalue weighted by Gasteiger charge is 2.29. The van der Waals surface area contributed by atoms with Gasteiger partial charge in [0.1, 0.15) is 0 Å². The maximum Gasteiger partial charge on any atom is 0.0937 e. The number of thiazole rings is 1. The second kappa shape index (κ2) is 5.80. The molecule has 1 atom stereocenters. The highest BCUT2D eigenvalue weighted by molar-refractivity contribution is 7.09. The van der Waals surface area contributed by atoms with Gasteiger partial charge in [-0.1, -0.05) is 36.4 Å². The van der Waals surface area contributed by atoms with Crippen molar-refractivity contribution >= 4 is 22.1 Å². The summed E-state index contributed by atoms with van der Waals surface area (Å²) < 4.78 is 0. The summed E-state index contributed by atoms with van der Waals surface area (Å²) in [4.78, 5) is 6.89. The van der Waals surface area contributed by atoms with Crippen LogP contribution in [0.5, 0.6) is 0 Å². The van der Waals surface area contributed by atoms with Gasteiger partial charge in [0.05, 0.1) is 5.01 Å². The Hall–Kier alpha value is -1.75. The first kappa shape index (κ1) is 13.9. The molecule has 0 aliphatic carbocycles. The fourth-order valence-corrected chi connectivity index (χ4v) is 4.09. The van der Waals surface area contributed by atoms with E-state index >= 15 is 0 Å². The Morgan fingerprint density at radius 3 is 2.95 bits per heavy atom. The molecule has 1 aliphatic heterocycles. The van der Waals surface area contributed by atoms with Crippen molar-refractivity contribution in [3.63, 3.8) is 0 Å². The second-order valence-corrected chi connectivity index (χ2v) is 6.73. The summed E-state index contributed by atoms with van der Waals surface area (Å²) in [5, 5.41) is 5.94. The number of nitrogens with zero attached hydrogens (tertiary/aromatic N) is 2. The second-order valence-electron chi connectivity index (χ2n) is 5.75. The molecule has 2 heterocycles. The Balaban J connectivity index is 1.64. The molecule has 4 rings (SSSR count). The Morgan fingerprint density at radius 2 is 2.14 bits per heavy atom. The van der Waals surface area contributed by atoms with E-state index in [2.05, 4.69) is 46.3 Å². The number of aromatic nitrogens is 1. The first-order chi connectivity index (χ1) is 10.9. The zero-order valence-electron chi connectivity index (χ0n) is 12.4. The molecule has 2 N–H and O–H groups in total. The largest absolute Gasteiger partial charge is 0.329 e. The molecule has 0 saturated carbocycles. The van der Waals surface area contributed by atoms with Crippen LogP contribution in [-0.2, 0) is 13.0 Å². The minimum absolute atomic E-state index is 0.333. The lowest BCUT2D eigenvalue weighted by molar-refractivity contribution is 0.223. The molecule has 22 heavy (non-hydrogen) atoms. The molecule has 112 valence electrons. The summed E-state index contributed by atoms with van der Waals surface area (Å²) in [6.07, 6.45) is 2.88. The van der Waals surface area contributed by atoms with Crippen molar-refractivity contribution in [2.75, 3.05) is 13.1 Å². The highest BCUT2D eigenvalue weighted by atomic mass is 32.1. The summed E-state index contributed by atoms with van der Waals surface area (Å²) in [6.45, 7) is 2.67. The van der Waals surface area contributed by atoms with E-state index in [1.165, 1.54) is 26.9 Å². The van der Waals surface area contributed by atoms with Crippen LogP contribution in [0.3, 0.4) is 0 Å². The van der Waals surface area contributed by atoms with Crippen LogP contribution in [0.1, 0.15) is 22.2 Å². The number of nitrogens with two attached hydrogens (primary N) is 1. The molecule has 0 saturated heterocycles. The fraction of sp³-hybridized carbons (Fsp3) is 0.278. The number of hydrogen-bond donors (Lipinski definition) is 1. The lowest BCUT2D eigenvalue weighted by atomic mass is 9.98. The van der Waals surface area contributed by atoms with E-state index < -0.39 is 0 Å². The Morgan fingerprint density at radius 1 is 1.23 bits per heavy atom. The molecule has 4 heteroatoms. The van der Waals surface area contributed by atoms with Crippen molar-refractivity contribution in [3.8, 4) is 0 Å². The van der Waals surface area contributed by atoms with E-state index in [0.29, 0.717) is 12.6 Å². The zero-order valence-corrected chi connectivity index (χ0v) is 13.2. The molecule has 1 aliphatic rings. The quantitative estimate of drug-likeness (QED) is 0.803. The van der Waals surface area contributed by atoms with Crippen molar-refractivity contribution in [1.82, 2.24) is 9.88 Å². The summed E-state index contributed by atoms with van der Waals surface area (Å²) in [7, 11) is 0. The van der Waals surface area contributed by atoms with Gasteiger partial charge in [0.2, 0.25) is 0 Å². The van der Waals surface area contributed by atoms with Gasteiger partial charge >= 0.3 is 0 Å². The topological polar surface area (TPSA) is 42.1 Å². The zero-order chi connectivity index (χ0) is 14.9. The van der Waals surface area contributed by atoms with E-state index in [0.717, 1.165) is 19.5 Å². The Bertz CT molecular complexity index is 782. The van der Waals surface area contributed by atoms with Gasteiger partial charge < -0.3 is 5.73 Å². The van der Waals surface area contributed by atoms with Crippen LogP contribution >= 0.6 is 11.3 Å². The smallest absolute Gasteiger partial charge is 0.0937 e. The average Bonchev–Trinajstić information content (AvgIpc) is 3.19. The van der Waals surface area contributed by atoms with Gasteiger partial charge in [0.25, 0.3) is 0 Å². The summed E-state index contributed by atoms with van der Waals surface area (Å²) in [5.41, 5.74) is 8.93. The molecule has 0 fully saturated rings. The third kappa shape index (κ3) is 2.33. The number of fused-ring (bicyclic) bond motifs is 3. The number of rotatable bonds is 4. The van der Waals surface area contributed by atoms with Crippen molar-refractivity contribution < 1.29 is 0 Å². The lowest BCUT2D eigenvalue weighted by Gasteiger charge is -2.23. The van der Waals surface area contributed by atoms with E-state index in [9.17, 15) is 0 Å². The molecule has 0 amide bonds. The first-order valence-electron chi connectivity index (χ1n) is 7.70. The van der Waals surface area contributed by atoms with Crippen molar-refractivity contribution in [2.24, 2.45) is 5.73 Å². The van der Waals surface area contributed by atoms with Gasteiger partial charge in [-0.2, -0.15) is 0 Å². The Kier molecular flexibility index (Phi) is 3.66. The molecule has 0 bridgehead atoms. The first-order valence-corrected chi connectivity index (χ1v) is 8.58. The lowest BCUT2D eigenvalue weighted by Crippen LogP contribution is -2.29. The molecule has 1 aromatic heterocycles. The average molecular weight is 309 g/mol. The minimum Gasteiger partial charge on any atom is -0.329 e. The molecular weight excluding hydrogens is 290 g/mol. The van der Waals surface area contributed by atoms with Gasteiger partial charge in [-0.05, 0) is 21.9 Å². The standard InChI is InChI=1S/C18H19N3S/c19-11-17-15-6-5-13-3-1-2-4-14(13)16(15)12-21(17)9-7-18-20-8-10-22-18/h1-6,8,10,17H,7,9,11-12,19H2. The van der Waals surface area contributed by atoms with Crippen molar-refractivity contribution in [3.05, 3.63) is 64.1 Å².